The molecular weight excluding hydrogens is 1110 g/mol. The number of aromatic amines is 2. The summed E-state index contributed by atoms with van der Waals surface area (Å²) in [6, 6.07) is 34.0. The molecule has 4 aromatic carbocycles. The van der Waals surface area contributed by atoms with Crippen molar-refractivity contribution in [1.82, 2.24) is 39.7 Å². The van der Waals surface area contributed by atoms with Crippen molar-refractivity contribution in [3.05, 3.63) is 168 Å². The number of nitrogens with one attached hydrogen (secondary N) is 5. The Hall–Kier alpha value is -6.82. The van der Waals surface area contributed by atoms with Crippen LogP contribution in [0.25, 0.3) is 44.3 Å². The number of benzene rings is 4. The van der Waals surface area contributed by atoms with Crippen molar-refractivity contribution in [3.8, 4) is 22.5 Å². The number of hydrogen-bond donors (Lipinski definition) is 6. The number of rotatable bonds is 15. The van der Waals surface area contributed by atoms with Gasteiger partial charge >= 0.3 is 0 Å². The van der Waals surface area contributed by atoms with Gasteiger partial charge in [-0.1, -0.05) is 104 Å². The van der Waals surface area contributed by atoms with Crippen molar-refractivity contribution in [2.45, 2.75) is 109 Å². The number of carbonyl (C=O) groups is 2. The number of hydrogen-bond acceptors (Lipinski definition) is 12. The summed E-state index contributed by atoms with van der Waals surface area (Å²) in [5.74, 6) is 1.03. The Kier molecular flexibility index (Phi) is 25.2. The Balaban J connectivity index is 0.000000222. The number of para-hydroxylation sites is 2. The van der Waals surface area contributed by atoms with Crippen molar-refractivity contribution in [3.63, 3.8) is 0 Å². The van der Waals surface area contributed by atoms with Gasteiger partial charge in [0.15, 0.2) is 0 Å². The zero-order valence-electron chi connectivity index (χ0n) is 45.9. The third kappa shape index (κ3) is 18.3. The third-order valence-corrected chi connectivity index (χ3v) is 15.3. The Morgan fingerprint density at radius 1 is 0.671 bits per heavy atom. The predicted octanol–water partition coefficient (Wildman–Crippen LogP) is 14.8. The largest absolute Gasteiger partial charge is 0.399 e. The second kappa shape index (κ2) is 32.1. The molecule has 2 aliphatic carbocycles. The van der Waals surface area contributed by atoms with E-state index in [9.17, 15) is 9.59 Å². The van der Waals surface area contributed by atoms with E-state index in [4.69, 9.17) is 55.2 Å². The maximum Gasteiger partial charge on any atom is 0.247 e. The van der Waals surface area contributed by atoms with Crippen LogP contribution in [0.15, 0.2) is 147 Å². The number of ether oxygens (including phenoxy) is 1. The molecule has 15 nitrogen and oxygen atoms in total. The Labute approximate surface area is 503 Å². The molecule has 434 valence electrons. The first kappa shape index (κ1) is 64.3. The van der Waals surface area contributed by atoms with Gasteiger partial charge < -0.3 is 36.4 Å². The molecule has 1 amide bonds. The van der Waals surface area contributed by atoms with Crippen LogP contribution in [-0.2, 0) is 27.4 Å². The highest BCUT2D eigenvalue weighted by Gasteiger charge is 2.28. The van der Waals surface area contributed by atoms with E-state index in [1.54, 1.807) is 12.4 Å². The summed E-state index contributed by atoms with van der Waals surface area (Å²) < 4.78 is 4.94. The zero-order valence-corrected chi connectivity index (χ0v) is 48.9. The maximum atomic E-state index is 11.5. The molecule has 7 N–H and O–H groups in total. The minimum Gasteiger partial charge on any atom is -0.399 e. The molecule has 1 aliphatic heterocycles. The number of nitrogens with two attached hydrogens (primary N) is 1. The number of anilines is 4. The fourth-order valence-corrected chi connectivity index (χ4v) is 10.8. The number of nitrogens with zero attached hydrogens (tertiary/aromatic N) is 6. The lowest BCUT2D eigenvalue weighted by molar-refractivity contribution is -0.112. The summed E-state index contributed by atoms with van der Waals surface area (Å²) in [5.41, 5.74) is 15.5. The molecule has 4 aromatic heterocycles. The number of H-pyrrole nitrogens is 2. The van der Waals surface area contributed by atoms with Gasteiger partial charge in [-0.3, -0.25) is 19.4 Å². The highest BCUT2D eigenvalue weighted by Crippen LogP contribution is 2.35. The standard InChI is InChI=1S/C29H31ClN6O.C26H29ClN6.C4H8O.C3H3ClO.CH4.ClH/c1-3-27(37)33-20-13-11-19(12-14-20)18-36(2)22-8-6-7-21(15-22)34-29-32-17-25(30)28(35-29)24-16-31-26-10-5-4-9-23(24)26;1-33(16-17-9-11-18(28)12-10-17)20-6-4-5-19(13-20)31-26-30-15-23(27)25(32-26)22-14-29-24-8-3-2-7-21(22)24;1-2-4-5-3-1;1-2-3(4)5;;/h3-5,9-14,16-17,21-22,31H,1,6-8,15,18H2,2H3,(H,33,37)(H,32,34,35);2-3,7-12,14-15,19-20,29H,4-6,13,16,28H2,1H3,(H,30,31,32);1-4H2;2H,1H2;1H4;1H/t21-,22+;19-,20+;;;;/m11..../s1. The number of carbonyl (C=O) groups excluding carboxylic acids is 2. The molecule has 8 aromatic rings. The molecular formula is C63H76Cl4N12O3. The second-order valence-corrected chi connectivity index (χ2v) is 21.6. The Morgan fingerprint density at radius 2 is 1.11 bits per heavy atom. The first-order valence-electron chi connectivity index (χ1n) is 27.2. The minimum atomic E-state index is -0.509. The molecule has 11 rings (SSSR count). The van der Waals surface area contributed by atoms with Crippen LogP contribution in [0.5, 0.6) is 0 Å². The van der Waals surface area contributed by atoms with Crippen LogP contribution >= 0.6 is 47.2 Å². The van der Waals surface area contributed by atoms with Crippen LogP contribution in [0.1, 0.15) is 82.8 Å². The monoisotopic (exact) mass is 1190 g/mol. The third-order valence-electron chi connectivity index (χ3n) is 14.6. The topological polar surface area (TPSA) is 195 Å². The van der Waals surface area contributed by atoms with Crippen LogP contribution < -0.4 is 21.7 Å². The number of aromatic nitrogens is 6. The van der Waals surface area contributed by atoms with Gasteiger partial charge in [0.1, 0.15) is 0 Å². The van der Waals surface area contributed by atoms with Gasteiger partial charge in [-0.2, -0.15) is 0 Å². The summed E-state index contributed by atoms with van der Waals surface area (Å²) in [6.07, 6.45) is 21.1. The second-order valence-electron chi connectivity index (χ2n) is 20.4. The molecule has 3 fully saturated rings. The number of amides is 1. The van der Waals surface area contributed by atoms with Gasteiger partial charge in [-0.25, -0.2) is 19.9 Å². The van der Waals surface area contributed by atoms with Gasteiger partial charge in [-0.05, 0) is 150 Å². The highest BCUT2D eigenvalue weighted by molar-refractivity contribution is 6.66. The van der Waals surface area contributed by atoms with Crippen LogP contribution in [0.3, 0.4) is 0 Å². The predicted molar refractivity (Wildman–Crippen MR) is 342 cm³/mol. The molecule has 0 radical (unpaired) electrons. The van der Waals surface area contributed by atoms with E-state index in [2.05, 4.69) is 115 Å². The smallest absolute Gasteiger partial charge is 0.247 e. The van der Waals surface area contributed by atoms with Gasteiger partial charge in [0.25, 0.3) is 0 Å². The van der Waals surface area contributed by atoms with Gasteiger partial charge in [0.05, 0.1) is 33.8 Å². The van der Waals surface area contributed by atoms with Gasteiger partial charge in [0, 0.05) is 107 Å². The van der Waals surface area contributed by atoms with Crippen LogP contribution in [-0.4, -0.2) is 102 Å². The molecule has 4 atom stereocenters. The average Bonchev–Trinajstić information content (AvgIpc) is 4.46. The summed E-state index contributed by atoms with van der Waals surface area (Å²) in [6.45, 7) is 10.3. The van der Waals surface area contributed by atoms with Crippen LogP contribution in [0, 0.1) is 0 Å². The van der Waals surface area contributed by atoms with Gasteiger partial charge in [0.2, 0.25) is 23.0 Å². The van der Waals surface area contributed by atoms with E-state index < -0.39 is 5.24 Å². The number of nitrogen functional groups attached to an aromatic ring is 1. The van der Waals surface area contributed by atoms with E-state index in [1.165, 1.54) is 42.9 Å². The maximum absolute atomic E-state index is 11.5. The van der Waals surface area contributed by atoms with Crippen molar-refractivity contribution in [1.29, 1.82) is 0 Å². The van der Waals surface area contributed by atoms with E-state index in [0.717, 1.165) is 127 Å². The lowest BCUT2D eigenvalue weighted by Crippen LogP contribution is -2.40. The van der Waals surface area contributed by atoms with Crippen molar-refractivity contribution in [2.75, 3.05) is 49.0 Å². The molecule has 5 heterocycles. The van der Waals surface area contributed by atoms with Crippen LogP contribution in [0.4, 0.5) is 23.3 Å². The molecule has 2 saturated carbocycles. The normalized spacial score (nSPS) is 17.3. The van der Waals surface area contributed by atoms with E-state index in [0.29, 0.717) is 40.1 Å². The fraction of sp³-hybridized carbons (Fsp3) is 0.333. The van der Waals surface area contributed by atoms with E-state index in [-0.39, 0.29) is 31.8 Å². The quantitative estimate of drug-likeness (QED) is 0.0323. The summed E-state index contributed by atoms with van der Waals surface area (Å²) in [5, 5.41) is 12.7. The fourth-order valence-electron chi connectivity index (χ4n) is 10.4. The van der Waals surface area contributed by atoms with Crippen molar-refractivity contribution < 1.29 is 14.3 Å². The molecule has 3 aliphatic rings. The summed E-state index contributed by atoms with van der Waals surface area (Å²) in [7, 11) is 4.38. The lowest BCUT2D eigenvalue weighted by Gasteiger charge is -2.35. The van der Waals surface area contributed by atoms with Crippen molar-refractivity contribution in [2.24, 2.45) is 0 Å². The number of fused-ring (bicyclic) bond motifs is 2. The zero-order chi connectivity index (χ0) is 56.4. The number of allylic oxidation sites excluding steroid dienone is 1. The van der Waals surface area contributed by atoms with E-state index in [1.807, 2.05) is 67.0 Å². The number of halogens is 4. The lowest BCUT2D eigenvalue weighted by atomic mass is 9.90. The molecule has 19 heteroatoms. The first-order chi connectivity index (χ1) is 38.8. The average molecular weight is 1190 g/mol. The molecule has 1 saturated heterocycles. The summed E-state index contributed by atoms with van der Waals surface area (Å²) >= 11 is 17.7. The summed E-state index contributed by atoms with van der Waals surface area (Å²) in [4.78, 5) is 51.0. The molecule has 0 spiro atoms. The molecule has 82 heavy (non-hydrogen) atoms. The van der Waals surface area contributed by atoms with Crippen molar-refractivity contribution >= 4 is 103 Å². The van der Waals surface area contributed by atoms with Gasteiger partial charge in [-0.15, -0.1) is 12.4 Å². The van der Waals surface area contributed by atoms with E-state index >= 15 is 0 Å². The minimum absolute atomic E-state index is 0. The molecule has 0 bridgehead atoms. The Bertz CT molecular complexity index is 3310. The SMILES string of the molecule is C.C1CCOC1.C=CC(=O)Cl.C=CC(=O)Nc1ccc(CN(C)[C@H]2CCC[C@@H](Nc3ncc(Cl)c(-c4c[nH]c5ccccc45)n3)C2)cc1.CN(Cc1ccc(N)cc1)[C@H]1CCC[C@@H](Nc2ncc(Cl)c(-c3c[nH]c4ccccc34)n2)C1.Cl. The van der Waals surface area contributed by atoms with Crippen LogP contribution in [0.2, 0.25) is 10.0 Å². The highest BCUT2D eigenvalue weighted by atomic mass is 35.5. The first-order valence-corrected chi connectivity index (χ1v) is 28.4. The molecule has 0 unspecified atom stereocenters. The Morgan fingerprint density at radius 3 is 1.52 bits per heavy atom.